The van der Waals surface area contributed by atoms with Crippen LogP contribution in [0.1, 0.15) is 32.4 Å². The van der Waals surface area contributed by atoms with E-state index in [4.69, 9.17) is 9.05 Å². The normalized spacial score (nSPS) is 24.6. The summed E-state index contributed by atoms with van der Waals surface area (Å²) >= 11 is 0. The van der Waals surface area contributed by atoms with Crippen molar-refractivity contribution in [2.45, 2.75) is 38.7 Å². The third kappa shape index (κ3) is 3.74. The van der Waals surface area contributed by atoms with Gasteiger partial charge in [-0.25, -0.2) is 0 Å². The van der Waals surface area contributed by atoms with Gasteiger partial charge in [-0.05, 0) is 26.3 Å². The molecule has 2 rings (SSSR count). The molecule has 21 heavy (non-hydrogen) atoms. The molecular weight excluding hydrogens is 289 g/mol. The first-order valence-corrected chi connectivity index (χ1v) is 9.02. The Kier molecular flexibility index (Phi) is 5.58. The Bertz CT molecular complexity index is 486. The summed E-state index contributed by atoms with van der Waals surface area (Å²) in [7, 11) is -3.46. The van der Waals surface area contributed by atoms with Crippen LogP contribution < -0.4 is 0 Å². The standard InChI is InChI=1S/C15H24NO4P/c1-4-19-21(18,20-5-2)15(17)14-11-16(14)12(3)13-9-7-6-8-10-13/h6-10,12,14-15,17H,4-5,11H2,1-3H3/t12-,14+,15-,16?/m0/s1. The van der Waals surface area contributed by atoms with Crippen molar-refractivity contribution >= 4 is 7.60 Å². The van der Waals surface area contributed by atoms with Crippen LogP contribution in [0.15, 0.2) is 30.3 Å². The van der Waals surface area contributed by atoms with Gasteiger partial charge < -0.3 is 14.2 Å². The molecule has 1 unspecified atom stereocenters. The second-order valence-electron chi connectivity index (χ2n) is 5.14. The molecule has 0 spiro atoms. The fourth-order valence-electron chi connectivity index (χ4n) is 2.56. The van der Waals surface area contributed by atoms with Crippen molar-refractivity contribution in [3.63, 3.8) is 0 Å². The van der Waals surface area contributed by atoms with Gasteiger partial charge in [-0.15, -0.1) is 0 Å². The number of rotatable bonds is 8. The van der Waals surface area contributed by atoms with E-state index in [0.717, 1.165) is 0 Å². The molecule has 1 aliphatic rings. The molecule has 0 radical (unpaired) electrons. The summed E-state index contributed by atoms with van der Waals surface area (Å²) in [5, 5.41) is 10.4. The third-order valence-electron chi connectivity index (χ3n) is 3.76. The van der Waals surface area contributed by atoms with E-state index in [1.165, 1.54) is 5.56 Å². The van der Waals surface area contributed by atoms with E-state index in [9.17, 15) is 9.67 Å². The number of hydrogen-bond acceptors (Lipinski definition) is 5. The monoisotopic (exact) mass is 313 g/mol. The van der Waals surface area contributed by atoms with Crippen molar-refractivity contribution in [2.75, 3.05) is 19.8 Å². The minimum absolute atomic E-state index is 0.169. The van der Waals surface area contributed by atoms with Crippen molar-refractivity contribution in [1.82, 2.24) is 4.90 Å². The molecule has 0 bridgehead atoms. The summed E-state index contributed by atoms with van der Waals surface area (Å²) in [5.41, 5.74) is 1.18. The number of aliphatic hydroxyl groups excluding tert-OH is 1. The SMILES string of the molecule is CCOP(=O)(OCC)[C@H](O)[C@H]1CN1[C@@H](C)c1ccccc1. The summed E-state index contributed by atoms with van der Waals surface area (Å²) in [4.78, 5) is 2.10. The zero-order valence-electron chi connectivity index (χ0n) is 12.8. The van der Waals surface area contributed by atoms with Crippen LogP contribution >= 0.6 is 7.60 Å². The van der Waals surface area contributed by atoms with E-state index in [0.29, 0.717) is 6.54 Å². The summed E-state index contributed by atoms with van der Waals surface area (Å²) in [6.07, 6.45) is 0. The van der Waals surface area contributed by atoms with E-state index in [1.807, 2.05) is 18.2 Å². The summed E-state index contributed by atoms with van der Waals surface area (Å²) in [6, 6.07) is 10.1. The minimum atomic E-state index is -3.46. The van der Waals surface area contributed by atoms with Crippen molar-refractivity contribution in [1.29, 1.82) is 0 Å². The van der Waals surface area contributed by atoms with Gasteiger partial charge in [0.1, 0.15) is 0 Å². The highest BCUT2D eigenvalue weighted by Crippen LogP contribution is 2.56. The van der Waals surface area contributed by atoms with Crippen molar-refractivity contribution < 1.29 is 18.7 Å². The van der Waals surface area contributed by atoms with Crippen LogP contribution in [0.5, 0.6) is 0 Å². The Balaban J connectivity index is 2.03. The molecule has 5 nitrogen and oxygen atoms in total. The molecule has 1 fully saturated rings. The molecule has 1 aromatic rings. The van der Waals surface area contributed by atoms with Gasteiger partial charge in [-0.2, -0.15) is 0 Å². The molecule has 1 N–H and O–H groups in total. The topological polar surface area (TPSA) is 58.8 Å². The molecule has 0 aliphatic carbocycles. The number of aliphatic hydroxyl groups is 1. The number of hydrogen-bond donors (Lipinski definition) is 1. The Hall–Kier alpha value is -0.710. The molecule has 0 aromatic heterocycles. The van der Waals surface area contributed by atoms with E-state index in [1.54, 1.807) is 13.8 Å². The second-order valence-corrected chi connectivity index (χ2v) is 7.26. The molecule has 1 heterocycles. The zero-order chi connectivity index (χ0) is 15.5. The number of nitrogens with zero attached hydrogens (tertiary/aromatic N) is 1. The molecule has 0 saturated carbocycles. The predicted molar refractivity (Wildman–Crippen MR) is 82.2 cm³/mol. The van der Waals surface area contributed by atoms with Crippen LogP contribution in [-0.4, -0.2) is 41.7 Å². The van der Waals surface area contributed by atoms with Crippen LogP contribution in [0.3, 0.4) is 0 Å². The lowest BCUT2D eigenvalue weighted by molar-refractivity contribution is 0.137. The molecule has 6 heteroatoms. The Labute approximate surface area is 126 Å². The lowest BCUT2D eigenvalue weighted by atomic mass is 10.1. The first-order valence-electron chi connectivity index (χ1n) is 7.41. The maximum Gasteiger partial charge on any atom is 0.360 e. The van der Waals surface area contributed by atoms with E-state index < -0.39 is 13.4 Å². The molecule has 118 valence electrons. The fourth-order valence-corrected chi connectivity index (χ4v) is 4.35. The summed E-state index contributed by atoms with van der Waals surface area (Å²) in [6.45, 7) is 6.78. The molecule has 1 saturated heterocycles. The van der Waals surface area contributed by atoms with Crippen LogP contribution in [-0.2, 0) is 13.6 Å². The fraction of sp³-hybridized carbons (Fsp3) is 0.600. The lowest BCUT2D eigenvalue weighted by Crippen LogP contribution is -2.23. The van der Waals surface area contributed by atoms with Gasteiger partial charge in [-0.3, -0.25) is 9.46 Å². The summed E-state index contributed by atoms with van der Waals surface area (Å²) < 4.78 is 23.0. The van der Waals surface area contributed by atoms with Gasteiger partial charge in [0.05, 0.1) is 19.3 Å². The molecule has 1 aromatic carbocycles. The predicted octanol–water partition coefficient (Wildman–Crippen LogP) is 3.02. The third-order valence-corrected chi connectivity index (χ3v) is 5.98. The van der Waals surface area contributed by atoms with Crippen molar-refractivity contribution in [3.8, 4) is 0 Å². The van der Waals surface area contributed by atoms with E-state index in [-0.39, 0.29) is 25.3 Å². The van der Waals surface area contributed by atoms with Crippen molar-refractivity contribution in [3.05, 3.63) is 35.9 Å². The van der Waals surface area contributed by atoms with E-state index in [2.05, 4.69) is 24.0 Å². The quantitative estimate of drug-likeness (QED) is 0.590. The van der Waals surface area contributed by atoms with Gasteiger partial charge in [0.15, 0.2) is 5.85 Å². The Morgan fingerprint density at radius 2 is 1.86 bits per heavy atom. The van der Waals surface area contributed by atoms with Crippen LogP contribution in [0, 0.1) is 0 Å². The smallest absolute Gasteiger partial charge is 0.360 e. The average Bonchev–Trinajstić information content (AvgIpc) is 3.27. The summed E-state index contributed by atoms with van der Waals surface area (Å²) in [5.74, 6) is -1.09. The molecular formula is C15H24NO4P. The van der Waals surface area contributed by atoms with Crippen LogP contribution in [0.4, 0.5) is 0 Å². The van der Waals surface area contributed by atoms with Gasteiger partial charge in [-0.1, -0.05) is 30.3 Å². The van der Waals surface area contributed by atoms with Gasteiger partial charge in [0.2, 0.25) is 0 Å². The first-order chi connectivity index (χ1) is 10.0. The Morgan fingerprint density at radius 3 is 2.38 bits per heavy atom. The van der Waals surface area contributed by atoms with Gasteiger partial charge >= 0.3 is 7.60 Å². The Morgan fingerprint density at radius 1 is 1.29 bits per heavy atom. The zero-order valence-corrected chi connectivity index (χ0v) is 13.7. The first kappa shape index (κ1) is 16.7. The van der Waals surface area contributed by atoms with Crippen LogP contribution in [0.2, 0.25) is 0 Å². The van der Waals surface area contributed by atoms with Crippen LogP contribution in [0.25, 0.3) is 0 Å². The second kappa shape index (κ2) is 7.03. The maximum atomic E-state index is 12.6. The van der Waals surface area contributed by atoms with Crippen molar-refractivity contribution in [2.24, 2.45) is 0 Å². The largest absolute Gasteiger partial charge is 0.379 e. The molecule has 4 atom stereocenters. The van der Waals surface area contributed by atoms with Gasteiger partial charge in [0.25, 0.3) is 0 Å². The number of benzene rings is 1. The highest BCUT2D eigenvalue weighted by Gasteiger charge is 2.51. The average molecular weight is 313 g/mol. The minimum Gasteiger partial charge on any atom is -0.379 e. The molecule has 1 aliphatic heterocycles. The van der Waals surface area contributed by atoms with E-state index >= 15 is 0 Å². The van der Waals surface area contributed by atoms with Gasteiger partial charge in [0, 0.05) is 12.6 Å². The highest BCUT2D eigenvalue weighted by molar-refractivity contribution is 7.54. The maximum absolute atomic E-state index is 12.6. The molecule has 0 amide bonds. The lowest BCUT2D eigenvalue weighted by Gasteiger charge is -2.23. The highest BCUT2D eigenvalue weighted by atomic mass is 31.2.